The first-order chi connectivity index (χ1) is 9.16. The molecule has 2 aromatic carbocycles. The lowest BCUT2D eigenvalue weighted by Gasteiger charge is -2.08. The van der Waals surface area contributed by atoms with Crippen molar-refractivity contribution in [3.63, 3.8) is 0 Å². The van der Waals surface area contributed by atoms with Crippen LogP contribution in [0, 0.1) is 10.5 Å². The zero-order valence-electron chi connectivity index (χ0n) is 10.8. The van der Waals surface area contributed by atoms with E-state index in [0.717, 1.165) is 15.7 Å². The Morgan fingerprint density at radius 3 is 2.53 bits per heavy atom. The summed E-state index contributed by atoms with van der Waals surface area (Å²) in [7, 11) is 0. The van der Waals surface area contributed by atoms with E-state index in [0.29, 0.717) is 6.42 Å². The molecule has 0 saturated carbocycles. The van der Waals surface area contributed by atoms with Crippen LogP contribution in [-0.4, -0.2) is 5.91 Å². The molecule has 0 atom stereocenters. The van der Waals surface area contributed by atoms with E-state index in [4.69, 9.17) is 0 Å². The Kier molecular flexibility index (Phi) is 4.96. The van der Waals surface area contributed by atoms with Crippen LogP contribution in [0.15, 0.2) is 48.5 Å². The van der Waals surface area contributed by atoms with Crippen molar-refractivity contribution in [3.8, 4) is 0 Å². The second-order valence-corrected chi connectivity index (χ2v) is 5.62. The van der Waals surface area contributed by atoms with Gasteiger partial charge in [-0.1, -0.05) is 36.4 Å². The van der Waals surface area contributed by atoms with Crippen molar-refractivity contribution in [2.45, 2.75) is 19.8 Å². The molecule has 3 heteroatoms. The van der Waals surface area contributed by atoms with Crippen LogP contribution < -0.4 is 5.32 Å². The lowest BCUT2D eigenvalue weighted by atomic mass is 10.0. The van der Waals surface area contributed by atoms with E-state index in [1.54, 1.807) is 0 Å². The molecular formula is C16H16INO. The van der Waals surface area contributed by atoms with Crippen molar-refractivity contribution in [2.24, 2.45) is 0 Å². The Morgan fingerprint density at radius 1 is 1.11 bits per heavy atom. The Balaban J connectivity index is 1.92. The normalized spacial score (nSPS) is 10.2. The molecular weight excluding hydrogens is 349 g/mol. The van der Waals surface area contributed by atoms with Gasteiger partial charge in [-0.3, -0.25) is 4.79 Å². The minimum atomic E-state index is 0.0624. The standard InChI is InChI=1S/C16H16INO/c1-12-6-2-3-7-13(12)10-11-16(19)18-15-9-5-4-8-14(15)17/h2-9H,10-11H2,1H3,(H,18,19). The first-order valence-corrected chi connectivity index (χ1v) is 7.33. The van der Waals surface area contributed by atoms with Crippen LogP contribution in [0.1, 0.15) is 17.5 Å². The average Bonchev–Trinajstić information content (AvgIpc) is 2.40. The fraction of sp³-hybridized carbons (Fsp3) is 0.188. The predicted octanol–water partition coefficient (Wildman–Crippen LogP) is 4.17. The summed E-state index contributed by atoms with van der Waals surface area (Å²) in [6.45, 7) is 2.08. The number of rotatable bonds is 4. The Labute approximate surface area is 127 Å². The molecule has 1 amide bonds. The van der Waals surface area contributed by atoms with Crippen molar-refractivity contribution in [1.29, 1.82) is 0 Å². The van der Waals surface area contributed by atoms with Crippen LogP contribution >= 0.6 is 22.6 Å². The Hall–Kier alpha value is -1.36. The summed E-state index contributed by atoms with van der Waals surface area (Å²) in [6, 6.07) is 16.0. The summed E-state index contributed by atoms with van der Waals surface area (Å²) in [5.74, 6) is 0.0624. The summed E-state index contributed by atoms with van der Waals surface area (Å²) in [6.07, 6.45) is 1.29. The minimum Gasteiger partial charge on any atom is -0.325 e. The zero-order chi connectivity index (χ0) is 13.7. The van der Waals surface area contributed by atoms with E-state index in [2.05, 4.69) is 47.0 Å². The van der Waals surface area contributed by atoms with Gasteiger partial charge in [0.05, 0.1) is 5.69 Å². The molecule has 0 aliphatic heterocycles. The monoisotopic (exact) mass is 365 g/mol. The third-order valence-corrected chi connectivity index (χ3v) is 3.97. The Morgan fingerprint density at radius 2 is 1.79 bits per heavy atom. The average molecular weight is 365 g/mol. The number of hydrogen-bond acceptors (Lipinski definition) is 1. The second-order valence-electron chi connectivity index (χ2n) is 4.45. The number of aryl methyl sites for hydroxylation is 2. The van der Waals surface area contributed by atoms with Crippen LogP contribution in [0.4, 0.5) is 5.69 Å². The van der Waals surface area contributed by atoms with Gasteiger partial charge in [-0.2, -0.15) is 0 Å². The van der Waals surface area contributed by atoms with E-state index in [-0.39, 0.29) is 5.91 Å². The fourth-order valence-electron chi connectivity index (χ4n) is 1.91. The minimum absolute atomic E-state index is 0.0624. The number of benzene rings is 2. The molecule has 2 rings (SSSR count). The maximum absolute atomic E-state index is 11.9. The highest BCUT2D eigenvalue weighted by molar-refractivity contribution is 14.1. The molecule has 98 valence electrons. The van der Waals surface area contributed by atoms with E-state index in [1.165, 1.54) is 11.1 Å². The molecule has 0 aromatic heterocycles. The smallest absolute Gasteiger partial charge is 0.224 e. The molecule has 19 heavy (non-hydrogen) atoms. The molecule has 0 bridgehead atoms. The van der Waals surface area contributed by atoms with Crippen LogP contribution in [0.5, 0.6) is 0 Å². The van der Waals surface area contributed by atoms with Gasteiger partial charge in [0.2, 0.25) is 5.91 Å². The van der Waals surface area contributed by atoms with E-state index >= 15 is 0 Å². The lowest BCUT2D eigenvalue weighted by Crippen LogP contribution is -2.13. The lowest BCUT2D eigenvalue weighted by molar-refractivity contribution is -0.116. The van der Waals surface area contributed by atoms with E-state index < -0.39 is 0 Å². The molecule has 0 aliphatic carbocycles. The highest BCUT2D eigenvalue weighted by Gasteiger charge is 2.06. The van der Waals surface area contributed by atoms with Gasteiger partial charge in [-0.25, -0.2) is 0 Å². The molecule has 0 saturated heterocycles. The third kappa shape index (κ3) is 4.06. The quantitative estimate of drug-likeness (QED) is 0.810. The molecule has 0 radical (unpaired) electrons. The van der Waals surface area contributed by atoms with Gasteiger partial charge in [-0.05, 0) is 59.2 Å². The molecule has 0 heterocycles. The number of para-hydroxylation sites is 1. The maximum Gasteiger partial charge on any atom is 0.224 e. The molecule has 2 aromatic rings. The number of carbonyl (C=O) groups is 1. The number of halogens is 1. The van der Waals surface area contributed by atoms with Crippen molar-refractivity contribution < 1.29 is 4.79 Å². The Bertz CT molecular complexity index is 580. The molecule has 0 spiro atoms. The number of anilines is 1. The third-order valence-electron chi connectivity index (χ3n) is 3.03. The highest BCUT2D eigenvalue weighted by atomic mass is 127. The maximum atomic E-state index is 11.9. The largest absolute Gasteiger partial charge is 0.325 e. The van der Waals surface area contributed by atoms with Crippen molar-refractivity contribution in [2.75, 3.05) is 5.32 Å². The van der Waals surface area contributed by atoms with Gasteiger partial charge < -0.3 is 5.32 Å². The van der Waals surface area contributed by atoms with Crippen molar-refractivity contribution >= 4 is 34.2 Å². The number of amides is 1. The first-order valence-electron chi connectivity index (χ1n) is 6.25. The van der Waals surface area contributed by atoms with Gasteiger partial charge in [0.1, 0.15) is 0 Å². The van der Waals surface area contributed by atoms with E-state index in [9.17, 15) is 4.79 Å². The SMILES string of the molecule is Cc1ccccc1CCC(=O)Nc1ccccc1I. The van der Waals surface area contributed by atoms with Crippen molar-refractivity contribution in [3.05, 3.63) is 63.2 Å². The number of nitrogens with one attached hydrogen (secondary N) is 1. The number of hydrogen-bond donors (Lipinski definition) is 1. The van der Waals surface area contributed by atoms with Gasteiger partial charge >= 0.3 is 0 Å². The summed E-state index contributed by atoms with van der Waals surface area (Å²) in [4.78, 5) is 11.9. The van der Waals surface area contributed by atoms with Gasteiger partial charge in [0.15, 0.2) is 0 Å². The number of carbonyl (C=O) groups excluding carboxylic acids is 1. The molecule has 0 aliphatic rings. The molecule has 0 unspecified atom stereocenters. The first kappa shape index (κ1) is 14.1. The fourth-order valence-corrected chi connectivity index (χ4v) is 2.44. The predicted molar refractivity (Wildman–Crippen MR) is 87.3 cm³/mol. The van der Waals surface area contributed by atoms with Crippen LogP contribution in [-0.2, 0) is 11.2 Å². The highest BCUT2D eigenvalue weighted by Crippen LogP contribution is 2.17. The van der Waals surface area contributed by atoms with Gasteiger partial charge in [-0.15, -0.1) is 0 Å². The van der Waals surface area contributed by atoms with Crippen LogP contribution in [0.25, 0.3) is 0 Å². The molecule has 0 fully saturated rings. The van der Waals surface area contributed by atoms with Crippen LogP contribution in [0.3, 0.4) is 0 Å². The van der Waals surface area contributed by atoms with E-state index in [1.807, 2.05) is 36.4 Å². The van der Waals surface area contributed by atoms with Gasteiger partial charge in [0, 0.05) is 9.99 Å². The summed E-state index contributed by atoms with van der Waals surface area (Å²) in [5.41, 5.74) is 3.36. The van der Waals surface area contributed by atoms with Crippen LogP contribution in [0.2, 0.25) is 0 Å². The second kappa shape index (κ2) is 6.70. The van der Waals surface area contributed by atoms with Crippen molar-refractivity contribution in [1.82, 2.24) is 0 Å². The molecule has 1 N–H and O–H groups in total. The molecule has 2 nitrogen and oxygen atoms in total. The summed E-state index contributed by atoms with van der Waals surface area (Å²) < 4.78 is 1.06. The summed E-state index contributed by atoms with van der Waals surface area (Å²) in [5, 5.41) is 2.95. The zero-order valence-corrected chi connectivity index (χ0v) is 13.0. The summed E-state index contributed by atoms with van der Waals surface area (Å²) >= 11 is 2.22. The topological polar surface area (TPSA) is 29.1 Å². The van der Waals surface area contributed by atoms with Gasteiger partial charge in [0.25, 0.3) is 0 Å².